The molecular weight excluding hydrogens is 314 g/mol. The molecule has 2 fully saturated rings. The van der Waals surface area contributed by atoms with Gasteiger partial charge in [0.25, 0.3) is 5.91 Å². The van der Waals surface area contributed by atoms with Crippen LogP contribution in [-0.4, -0.2) is 71.3 Å². The summed E-state index contributed by atoms with van der Waals surface area (Å²) in [5.74, 6) is 0.808. The van der Waals surface area contributed by atoms with Gasteiger partial charge in [0, 0.05) is 38.8 Å². The second-order valence-corrected chi connectivity index (χ2v) is 8.07. The van der Waals surface area contributed by atoms with Crippen LogP contribution < -0.4 is 5.32 Å². The first-order chi connectivity index (χ1) is 12.2. The number of fused-ring (bicyclic) bond motifs is 1. The normalized spacial score (nSPS) is 25.3. The molecule has 1 aliphatic carbocycles. The highest BCUT2D eigenvalue weighted by Gasteiger charge is 2.29. The molecule has 0 unspecified atom stereocenters. The third-order valence-corrected chi connectivity index (χ3v) is 6.25. The second-order valence-electron chi connectivity index (χ2n) is 8.07. The predicted octanol–water partition coefficient (Wildman–Crippen LogP) is 1.37. The molecule has 0 bridgehead atoms. The maximum absolute atomic E-state index is 13.0. The van der Waals surface area contributed by atoms with Crippen molar-refractivity contribution >= 4 is 5.91 Å². The highest BCUT2D eigenvalue weighted by molar-refractivity contribution is 5.95. The van der Waals surface area contributed by atoms with Gasteiger partial charge in [-0.25, -0.2) is 0 Å². The van der Waals surface area contributed by atoms with Crippen molar-refractivity contribution in [2.24, 2.45) is 5.92 Å². The standard InChI is InChI=1S/C19H31N5O/c1-22-8-10-23(11-9-22)19(25)17-14-21-24-7-6-15(12-18(17)24)13-20-16-4-2-3-5-16/h14-16,20H,2-13H2,1H3/t15-/m0/s1. The van der Waals surface area contributed by atoms with E-state index in [9.17, 15) is 4.79 Å². The van der Waals surface area contributed by atoms with Crippen molar-refractivity contribution in [2.45, 2.75) is 51.1 Å². The molecule has 1 N–H and O–H groups in total. The van der Waals surface area contributed by atoms with Gasteiger partial charge in [-0.2, -0.15) is 5.10 Å². The van der Waals surface area contributed by atoms with Crippen LogP contribution in [0.5, 0.6) is 0 Å². The number of rotatable bonds is 4. The smallest absolute Gasteiger partial charge is 0.257 e. The molecule has 25 heavy (non-hydrogen) atoms. The van der Waals surface area contributed by atoms with Crippen LogP contribution in [0.1, 0.15) is 48.2 Å². The molecule has 138 valence electrons. The summed E-state index contributed by atoms with van der Waals surface area (Å²) in [5, 5.41) is 8.26. The number of aromatic nitrogens is 2. The Balaban J connectivity index is 1.39. The fourth-order valence-electron chi connectivity index (χ4n) is 4.50. The number of nitrogens with zero attached hydrogens (tertiary/aromatic N) is 4. The summed E-state index contributed by atoms with van der Waals surface area (Å²) < 4.78 is 2.06. The van der Waals surface area contributed by atoms with Gasteiger partial charge in [-0.15, -0.1) is 0 Å². The van der Waals surface area contributed by atoms with Crippen LogP contribution in [0.4, 0.5) is 0 Å². The van der Waals surface area contributed by atoms with Gasteiger partial charge in [0.15, 0.2) is 0 Å². The quantitative estimate of drug-likeness (QED) is 0.895. The fourth-order valence-corrected chi connectivity index (χ4v) is 4.50. The van der Waals surface area contributed by atoms with Crippen LogP contribution in [0.25, 0.3) is 0 Å². The fraction of sp³-hybridized carbons (Fsp3) is 0.789. The molecular formula is C19H31N5O. The van der Waals surface area contributed by atoms with Gasteiger partial charge < -0.3 is 15.1 Å². The maximum atomic E-state index is 13.0. The SMILES string of the molecule is CN1CCN(C(=O)c2cnn3c2C[C@@H](CNC2CCCC2)CC3)CC1. The van der Waals surface area contributed by atoms with Crippen molar-refractivity contribution in [1.29, 1.82) is 0 Å². The molecule has 2 aliphatic heterocycles. The Bertz CT molecular complexity index is 599. The summed E-state index contributed by atoms with van der Waals surface area (Å²) in [6.07, 6.45) is 9.36. The van der Waals surface area contributed by atoms with Crippen LogP contribution in [0, 0.1) is 5.92 Å². The van der Waals surface area contributed by atoms with E-state index in [1.165, 1.54) is 25.7 Å². The number of hydrogen-bond donors (Lipinski definition) is 1. The lowest BCUT2D eigenvalue weighted by molar-refractivity contribution is 0.0662. The minimum Gasteiger partial charge on any atom is -0.336 e. The Hall–Kier alpha value is -1.40. The molecule has 4 rings (SSSR count). The Labute approximate surface area is 150 Å². The van der Waals surface area contributed by atoms with Crippen molar-refractivity contribution in [3.05, 3.63) is 17.5 Å². The Morgan fingerprint density at radius 3 is 2.68 bits per heavy atom. The zero-order chi connectivity index (χ0) is 17.2. The molecule has 0 spiro atoms. The van der Waals surface area contributed by atoms with Gasteiger partial charge in [0.05, 0.1) is 17.5 Å². The Morgan fingerprint density at radius 1 is 1.16 bits per heavy atom. The highest BCUT2D eigenvalue weighted by Crippen LogP contribution is 2.25. The topological polar surface area (TPSA) is 53.4 Å². The molecule has 1 saturated heterocycles. The number of nitrogens with one attached hydrogen (secondary N) is 1. The first-order valence-corrected chi connectivity index (χ1v) is 9.96. The van der Waals surface area contributed by atoms with Crippen molar-refractivity contribution < 1.29 is 4.79 Å². The molecule has 3 heterocycles. The van der Waals surface area contributed by atoms with E-state index in [2.05, 4.69) is 27.0 Å². The largest absolute Gasteiger partial charge is 0.336 e. The first kappa shape index (κ1) is 17.0. The van der Waals surface area contributed by atoms with Crippen LogP contribution in [-0.2, 0) is 13.0 Å². The molecule has 1 atom stereocenters. The zero-order valence-electron chi connectivity index (χ0n) is 15.4. The minimum atomic E-state index is 0.179. The number of amides is 1. The van der Waals surface area contributed by atoms with E-state index in [4.69, 9.17) is 0 Å². The number of likely N-dealkylation sites (N-methyl/N-ethyl adjacent to an activating group) is 1. The van der Waals surface area contributed by atoms with Gasteiger partial charge in [-0.05, 0) is 45.2 Å². The van der Waals surface area contributed by atoms with E-state index in [0.717, 1.165) is 69.4 Å². The Kier molecular flexibility index (Phi) is 5.08. The summed E-state index contributed by atoms with van der Waals surface area (Å²) in [6, 6.07) is 0.721. The number of carbonyl (C=O) groups excluding carboxylic acids is 1. The highest BCUT2D eigenvalue weighted by atomic mass is 16.2. The van der Waals surface area contributed by atoms with E-state index >= 15 is 0 Å². The summed E-state index contributed by atoms with van der Waals surface area (Å²) >= 11 is 0. The summed E-state index contributed by atoms with van der Waals surface area (Å²) in [6.45, 7) is 5.60. The number of aryl methyl sites for hydroxylation is 1. The minimum absolute atomic E-state index is 0.179. The third-order valence-electron chi connectivity index (χ3n) is 6.25. The maximum Gasteiger partial charge on any atom is 0.257 e. The lowest BCUT2D eigenvalue weighted by atomic mass is 9.93. The van der Waals surface area contributed by atoms with Crippen LogP contribution in [0.15, 0.2) is 6.20 Å². The first-order valence-electron chi connectivity index (χ1n) is 9.96. The summed E-state index contributed by atoms with van der Waals surface area (Å²) in [7, 11) is 2.12. The zero-order valence-corrected chi connectivity index (χ0v) is 15.4. The van der Waals surface area contributed by atoms with E-state index in [0.29, 0.717) is 5.92 Å². The molecule has 0 aromatic carbocycles. The van der Waals surface area contributed by atoms with Crippen LogP contribution in [0.3, 0.4) is 0 Å². The van der Waals surface area contributed by atoms with Gasteiger partial charge in [-0.3, -0.25) is 9.48 Å². The lowest BCUT2D eigenvalue weighted by Gasteiger charge is -2.33. The molecule has 6 nitrogen and oxygen atoms in total. The van der Waals surface area contributed by atoms with Crippen molar-refractivity contribution in [3.8, 4) is 0 Å². The predicted molar refractivity (Wildman–Crippen MR) is 97.7 cm³/mol. The van der Waals surface area contributed by atoms with Gasteiger partial charge in [-0.1, -0.05) is 12.8 Å². The van der Waals surface area contributed by atoms with Gasteiger partial charge >= 0.3 is 0 Å². The van der Waals surface area contributed by atoms with E-state index in [1.54, 1.807) is 0 Å². The van der Waals surface area contributed by atoms with E-state index < -0.39 is 0 Å². The Morgan fingerprint density at radius 2 is 1.92 bits per heavy atom. The molecule has 6 heteroatoms. The second kappa shape index (κ2) is 7.46. The van der Waals surface area contributed by atoms with Crippen molar-refractivity contribution in [2.75, 3.05) is 39.8 Å². The molecule has 1 amide bonds. The summed E-state index contributed by atoms with van der Waals surface area (Å²) in [4.78, 5) is 17.2. The number of piperazine rings is 1. The van der Waals surface area contributed by atoms with Crippen molar-refractivity contribution in [1.82, 2.24) is 24.9 Å². The monoisotopic (exact) mass is 345 g/mol. The van der Waals surface area contributed by atoms with Gasteiger partial charge in [0.2, 0.25) is 0 Å². The number of carbonyl (C=O) groups is 1. The average molecular weight is 345 g/mol. The molecule has 1 aromatic heterocycles. The molecule has 3 aliphatic rings. The van der Waals surface area contributed by atoms with E-state index in [1.807, 2.05) is 11.1 Å². The van der Waals surface area contributed by atoms with Gasteiger partial charge in [0.1, 0.15) is 0 Å². The third kappa shape index (κ3) is 3.75. The van der Waals surface area contributed by atoms with Crippen molar-refractivity contribution in [3.63, 3.8) is 0 Å². The van der Waals surface area contributed by atoms with Crippen LogP contribution in [0.2, 0.25) is 0 Å². The van der Waals surface area contributed by atoms with Crippen LogP contribution >= 0.6 is 0 Å². The molecule has 1 aromatic rings. The lowest BCUT2D eigenvalue weighted by Crippen LogP contribution is -2.47. The average Bonchev–Trinajstić information content (AvgIpc) is 3.29. The number of hydrogen-bond acceptors (Lipinski definition) is 4. The van der Waals surface area contributed by atoms with E-state index in [-0.39, 0.29) is 5.91 Å². The summed E-state index contributed by atoms with van der Waals surface area (Å²) in [5.41, 5.74) is 2.00. The molecule has 1 saturated carbocycles. The molecule has 0 radical (unpaired) electrons.